The molecular formula is C24H35N3O4. The molecule has 2 aliphatic rings. The standard InChI is InChI=1S/C24H35N3O4/c1-5-19(2)17-25-14-11-24(12-15-25)22(28)26(23(29)27(24)13-6-16-30-3)18-20-7-9-21(31-4)10-8-20/h5,7-10H,6,11-18H2,1-4H3. The van der Waals surface area contributed by atoms with Gasteiger partial charge in [0.1, 0.15) is 11.3 Å². The summed E-state index contributed by atoms with van der Waals surface area (Å²) in [5.74, 6) is 0.692. The van der Waals surface area contributed by atoms with Gasteiger partial charge < -0.3 is 14.4 Å². The average molecular weight is 430 g/mol. The van der Waals surface area contributed by atoms with E-state index in [0.29, 0.717) is 26.0 Å². The number of amides is 3. The zero-order valence-electron chi connectivity index (χ0n) is 19.2. The second-order valence-electron chi connectivity index (χ2n) is 8.46. The molecule has 0 saturated carbocycles. The van der Waals surface area contributed by atoms with Gasteiger partial charge >= 0.3 is 6.03 Å². The Labute approximate surface area is 185 Å². The molecule has 0 aromatic heterocycles. The number of urea groups is 1. The van der Waals surface area contributed by atoms with Gasteiger partial charge in [0.05, 0.1) is 13.7 Å². The highest BCUT2D eigenvalue weighted by Gasteiger charge is 2.57. The van der Waals surface area contributed by atoms with Crippen LogP contribution in [0.25, 0.3) is 0 Å². The second kappa shape index (κ2) is 10.3. The summed E-state index contributed by atoms with van der Waals surface area (Å²) in [5, 5.41) is 0. The summed E-state index contributed by atoms with van der Waals surface area (Å²) >= 11 is 0. The Morgan fingerprint density at radius 2 is 1.81 bits per heavy atom. The summed E-state index contributed by atoms with van der Waals surface area (Å²) < 4.78 is 10.4. The van der Waals surface area contributed by atoms with E-state index in [1.165, 1.54) is 10.5 Å². The summed E-state index contributed by atoms with van der Waals surface area (Å²) in [7, 11) is 3.28. The molecule has 2 heterocycles. The molecular weight excluding hydrogens is 394 g/mol. The first kappa shape index (κ1) is 23.3. The van der Waals surface area contributed by atoms with Gasteiger partial charge in [0.15, 0.2) is 0 Å². The van der Waals surface area contributed by atoms with E-state index in [1.54, 1.807) is 14.2 Å². The highest BCUT2D eigenvalue weighted by atomic mass is 16.5. The van der Waals surface area contributed by atoms with Crippen molar-refractivity contribution in [2.45, 2.75) is 45.2 Å². The molecule has 0 aliphatic carbocycles. The van der Waals surface area contributed by atoms with Crippen LogP contribution in [0.3, 0.4) is 0 Å². The normalized spacial score (nSPS) is 19.5. The van der Waals surface area contributed by atoms with Crippen molar-refractivity contribution in [1.82, 2.24) is 14.7 Å². The molecule has 1 aromatic rings. The number of piperidine rings is 1. The maximum atomic E-state index is 13.6. The maximum absolute atomic E-state index is 13.6. The van der Waals surface area contributed by atoms with Crippen molar-refractivity contribution in [1.29, 1.82) is 0 Å². The van der Waals surface area contributed by atoms with Crippen LogP contribution in [0.5, 0.6) is 5.75 Å². The average Bonchev–Trinajstić information content (AvgIpc) is 2.97. The Kier molecular flexibility index (Phi) is 7.73. The predicted molar refractivity (Wildman–Crippen MR) is 120 cm³/mol. The molecule has 0 radical (unpaired) electrons. The third-order valence-corrected chi connectivity index (χ3v) is 6.50. The molecule has 2 aliphatic heterocycles. The lowest BCUT2D eigenvalue weighted by molar-refractivity contribution is -0.136. The molecule has 170 valence electrons. The van der Waals surface area contributed by atoms with Crippen LogP contribution in [0, 0.1) is 0 Å². The van der Waals surface area contributed by atoms with E-state index in [4.69, 9.17) is 9.47 Å². The van der Waals surface area contributed by atoms with Gasteiger partial charge in [0.25, 0.3) is 5.91 Å². The van der Waals surface area contributed by atoms with Gasteiger partial charge in [-0.15, -0.1) is 0 Å². The van der Waals surface area contributed by atoms with Crippen LogP contribution in [0.2, 0.25) is 0 Å². The molecule has 2 fully saturated rings. The Morgan fingerprint density at radius 1 is 1.13 bits per heavy atom. The number of ether oxygens (including phenoxy) is 2. The molecule has 7 heteroatoms. The third kappa shape index (κ3) is 4.93. The minimum absolute atomic E-state index is 0.0619. The molecule has 7 nitrogen and oxygen atoms in total. The fraction of sp³-hybridized carbons (Fsp3) is 0.583. The van der Waals surface area contributed by atoms with Crippen molar-refractivity contribution < 1.29 is 19.1 Å². The lowest BCUT2D eigenvalue weighted by Gasteiger charge is -2.42. The molecule has 3 amide bonds. The number of benzene rings is 1. The van der Waals surface area contributed by atoms with Crippen molar-refractivity contribution >= 4 is 11.9 Å². The quantitative estimate of drug-likeness (QED) is 0.342. The fourth-order valence-corrected chi connectivity index (χ4v) is 4.52. The number of rotatable bonds is 9. The number of carbonyl (C=O) groups is 2. The largest absolute Gasteiger partial charge is 0.497 e. The predicted octanol–water partition coefficient (Wildman–Crippen LogP) is 3.30. The van der Waals surface area contributed by atoms with Gasteiger partial charge in [0, 0.05) is 39.9 Å². The summed E-state index contributed by atoms with van der Waals surface area (Å²) in [4.78, 5) is 32.6. The van der Waals surface area contributed by atoms with Crippen LogP contribution in [0.4, 0.5) is 4.79 Å². The lowest BCUT2D eigenvalue weighted by atomic mass is 9.85. The van der Waals surface area contributed by atoms with Crippen molar-refractivity contribution in [2.75, 3.05) is 47.0 Å². The van der Waals surface area contributed by atoms with E-state index in [0.717, 1.165) is 37.4 Å². The van der Waals surface area contributed by atoms with Gasteiger partial charge in [-0.2, -0.15) is 0 Å². The van der Waals surface area contributed by atoms with Crippen LogP contribution in [0.15, 0.2) is 35.9 Å². The smallest absolute Gasteiger partial charge is 0.327 e. The minimum Gasteiger partial charge on any atom is -0.497 e. The van der Waals surface area contributed by atoms with Crippen LogP contribution < -0.4 is 4.74 Å². The van der Waals surface area contributed by atoms with Crippen LogP contribution >= 0.6 is 0 Å². The highest BCUT2D eigenvalue weighted by molar-refractivity contribution is 6.07. The zero-order valence-corrected chi connectivity index (χ0v) is 19.2. The summed E-state index contributed by atoms with van der Waals surface area (Å²) in [6, 6.07) is 7.34. The first-order valence-electron chi connectivity index (χ1n) is 11.0. The number of nitrogens with zero attached hydrogens (tertiary/aromatic N) is 3. The zero-order chi connectivity index (χ0) is 22.4. The molecule has 0 unspecified atom stereocenters. The van der Waals surface area contributed by atoms with Crippen molar-refractivity contribution in [3.05, 3.63) is 41.5 Å². The fourth-order valence-electron chi connectivity index (χ4n) is 4.52. The number of hydrogen-bond acceptors (Lipinski definition) is 5. The first-order valence-corrected chi connectivity index (χ1v) is 11.0. The summed E-state index contributed by atoms with van der Waals surface area (Å²) in [5.41, 5.74) is 1.50. The van der Waals surface area contributed by atoms with Gasteiger partial charge in [0.2, 0.25) is 0 Å². The number of likely N-dealkylation sites (tertiary alicyclic amines) is 1. The number of hydrogen-bond donors (Lipinski definition) is 0. The van der Waals surface area contributed by atoms with Gasteiger partial charge in [-0.1, -0.05) is 23.8 Å². The van der Waals surface area contributed by atoms with Gasteiger partial charge in [-0.25, -0.2) is 4.79 Å². The summed E-state index contributed by atoms with van der Waals surface area (Å²) in [6.45, 7) is 8.09. The summed E-state index contributed by atoms with van der Waals surface area (Å²) in [6.07, 6.45) is 4.18. The van der Waals surface area contributed by atoms with E-state index in [2.05, 4.69) is 24.8 Å². The van der Waals surface area contributed by atoms with E-state index >= 15 is 0 Å². The van der Waals surface area contributed by atoms with Gasteiger partial charge in [-0.05, 0) is 50.8 Å². The van der Waals surface area contributed by atoms with Crippen molar-refractivity contribution in [2.24, 2.45) is 0 Å². The number of carbonyl (C=O) groups excluding carboxylic acids is 2. The van der Waals surface area contributed by atoms with E-state index in [-0.39, 0.29) is 18.5 Å². The van der Waals surface area contributed by atoms with E-state index < -0.39 is 5.54 Å². The lowest BCUT2D eigenvalue weighted by Crippen LogP contribution is -2.57. The third-order valence-electron chi connectivity index (χ3n) is 6.50. The Morgan fingerprint density at radius 3 is 2.39 bits per heavy atom. The Hall–Kier alpha value is -2.38. The molecule has 0 bridgehead atoms. The molecule has 3 rings (SSSR count). The topological polar surface area (TPSA) is 62.3 Å². The SMILES string of the molecule is CC=C(C)CN1CCC2(CC1)C(=O)N(Cc1ccc(OC)cc1)C(=O)N2CCCOC. The maximum Gasteiger partial charge on any atom is 0.327 e. The van der Waals surface area contributed by atoms with Crippen molar-refractivity contribution in [3.63, 3.8) is 0 Å². The van der Waals surface area contributed by atoms with E-state index in [1.807, 2.05) is 29.2 Å². The molecule has 2 saturated heterocycles. The van der Waals surface area contributed by atoms with Crippen molar-refractivity contribution in [3.8, 4) is 5.75 Å². The Bertz CT molecular complexity index is 798. The van der Waals surface area contributed by atoms with Crippen LogP contribution in [-0.4, -0.2) is 79.2 Å². The first-order chi connectivity index (χ1) is 14.9. The molecule has 1 aromatic carbocycles. The van der Waals surface area contributed by atoms with Crippen LogP contribution in [0.1, 0.15) is 38.7 Å². The molecule has 0 N–H and O–H groups in total. The molecule has 31 heavy (non-hydrogen) atoms. The minimum atomic E-state index is -0.738. The number of imide groups is 1. The molecule has 1 spiro atoms. The Balaban J connectivity index is 1.78. The van der Waals surface area contributed by atoms with Gasteiger partial charge in [-0.3, -0.25) is 14.6 Å². The number of allylic oxidation sites excluding steroid dienone is 1. The number of methoxy groups -OCH3 is 2. The second-order valence-corrected chi connectivity index (χ2v) is 8.46. The van der Waals surface area contributed by atoms with Crippen LogP contribution in [-0.2, 0) is 16.1 Å². The highest BCUT2D eigenvalue weighted by Crippen LogP contribution is 2.38. The van der Waals surface area contributed by atoms with E-state index in [9.17, 15) is 9.59 Å². The molecule has 0 atom stereocenters. The monoisotopic (exact) mass is 429 g/mol.